The van der Waals surface area contributed by atoms with Crippen molar-refractivity contribution in [3.63, 3.8) is 0 Å². The van der Waals surface area contributed by atoms with Crippen LogP contribution in [0.25, 0.3) is 0 Å². The molecule has 0 spiro atoms. The van der Waals surface area contributed by atoms with Gasteiger partial charge < -0.3 is 10.5 Å². The first-order chi connectivity index (χ1) is 7.22. The van der Waals surface area contributed by atoms with Gasteiger partial charge in [-0.3, -0.25) is 0 Å². The average molecular weight is 207 g/mol. The van der Waals surface area contributed by atoms with Gasteiger partial charge in [0.15, 0.2) is 0 Å². The van der Waals surface area contributed by atoms with Crippen LogP contribution in [0.5, 0.6) is 5.75 Å². The Morgan fingerprint density at radius 2 is 2.13 bits per heavy atom. The zero-order valence-corrected chi connectivity index (χ0v) is 9.92. The van der Waals surface area contributed by atoms with Gasteiger partial charge >= 0.3 is 0 Å². The van der Waals surface area contributed by atoms with Crippen molar-refractivity contribution in [3.8, 4) is 5.75 Å². The molecule has 0 aliphatic heterocycles. The average Bonchev–Trinajstić information content (AvgIpc) is 2.26. The van der Waals surface area contributed by atoms with E-state index in [0.29, 0.717) is 12.5 Å². The molecule has 0 aromatic heterocycles. The molecule has 1 atom stereocenters. The van der Waals surface area contributed by atoms with Crippen molar-refractivity contribution in [2.75, 3.05) is 13.7 Å². The smallest absolute Gasteiger partial charge is 0.122 e. The van der Waals surface area contributed by atoms with Gasteiger partial charge in [0.2, 0.25) is 0 Å². The van der Waals surface area contributed by atoms with Crippen LogP contribution in [0.1, 0.15) is 36.8 Å². The van der Waals surface area contributed by atoms with E-state index in [1.165, 1.54) is 11.1 Å². The highest BCUT2D eigenvalue weighted by Gasteiger charge is 2.13. The lowest BCUT2D eigenvalue weighted by molar-refractivity contribution is 0.403. The summed E-state index contributed by atoms with van der Waals surface area (Å²) in [5.74, 6) is 1.38. The van der Waals surface area contributed by atoms with E-state index in [-0.39, 0.29) is 0 Å². The lowest BCUT2D eigenvalue weighted by atomic mass is 9.92. The molecule has 1 aromatic carbocycles. The summed E-state index contributed by atoms with van der Waals surface area (Å²) in [5.41, 5.74) is 8.32. The molecule has 0 fully saturated rings. The lowest BCUT2D eigenvalue weighted by Gasteiger charge is -2.18. The molecule has 0 aliphatic rings. The molecule has 84 valence electrons. The first-order valence-corrected chi connectivity index (χ1v) is 5.57. The summed E-state index contributed by atoms with van der Waals surface area (Å²) in [4.78, 5) is 0. The summed E-state index contributed by atoms with van der Waals surface area (Å²) in [6.07, 6.45) is 2.27. The number of rotatable bonds is 5. The predicted octanol–water partition coefficient (Wildman–Crippen LogP) is 2.85. The molecular formula is C13H21NO. The van der Waals surface area contributed by atoms with Crippen molar-refractivity contribution in [2.24, 2.45) is 5.73 Å². The van der Waals surface area contributed by atoms with Crippen molar-refractivity contribution in [2.45, 2.75) is 32.6 Å². The van der Waals surface area contributed by atoms with Crippen molar-refractivity contribution in [1.82, 2.24) is 0 Å². The van der Waals surface area contributed by atoms with Crippen LogP contribution >= 0.6 is 0 Å². The van der Waals surface area contributed by atoms with Crippen molar-refractivity contribution in [3.05, 3.63) is 29.3 Å². The monoisotopic (exact) mass is 207 g/mol. The van der Waals surface area contributed by atoms with E-state index < -0.39 is 0 Å². The highest BCUT2D eigenvalue weighted by atomic mass is 16.5. The minimum Gasteiger partial charge on any atom is -0.496 e. The fourth-order valence-electron chi connectivity index (χ4n) is 1.92. The number of hydrogen-bond donors (Lipinski definition) is 1. The third-order valence-corrected chi connectivity index (χ3v) is 2.75. The maximum Gasteiger partial charge on any atom is 0.122 e. The zero-order chi connectivity index (χ0) is 11.3. The van der Waals surface area contributed by atoms with E-state index in [9.17, 15) is 0 Å². The third kappa shape index (κ3) is 2.96. The molecule has 1 aromatic rings. The Hall–Kier alpha value is -1.02. The Labute approximate surface area is 92.4 Å². The number of ether oxygens (including phenoxy) is 1. The molecule has 0 heterocycles. The minimum atomic E-state index is 0.421. The summed E-state index contributed by atoms with van der Waals surface area (Å²) in [7, 11) is 1.72. The molecule has 2 N–H and O–H groups in total. The Morgan fingerprint density at radius 3 is 2.67 bits per heavy atom. The number of nitrogens with two attached hydrogens (primary N) is 1. The molecule has 0 radical (unpaired) electrons. The van der Waals surface area contributed by atoms with E-state index in [1.807, 2.05) is 6.07 Å². The quantitative estimate of drug-likeness (QED) is 0.805. The van der Waals surface area contributed by atoms with Crippen LogP contribution in [0.15, 0.2) is 18.2 Å². The molecule has 1 unspecified atom stereocenters. The molecule has 0 aliphatic carbocycles. The fraction of sp³-hybridized carbons (Fsp3) is 0.538. The van der Waals surface area contributed by atoms with E-state index >= 15 is 0 Å². The molecule has 1 rings (SSSR count). The summed E-state index contributed by atoms with van der Waals surface area (Å²) in [6, 6.07) is 6.29. The molecule has 0 bridgehead atoms. The topological polar surface area (TPSA) is 35.2 Å². The van der Waals surface area contributed by atoms with Crippen LogP contribution < -0.4 is 10.5 Å². The van der Waals surface area contributed by atoms with E-state index in [4.69, 9.17) is 10.5 Å². The highest BCUT2D eigenvalue weighted by molar-refractivity contribution is 5.39. The molecule has 15 heavy (non-hydrogen) atoms. The second-order valence-corrected chi connectivity index (χ2v) is 3.97. The summed E-state index contributed by atoms with van der Waals surface area (Å²) in [5, 5.41) is 0. The van der Waals surface area contributed by atoms with E-state index in [0.717, 1.165) is 18.6 Å². The summed E-state index contributed by atoms with van der Waals surface area (Å²) >= 11 is 0. The van der Waals surface area contributed by atoms with Crippen LogP contribution in [-0.2, 0) is 0 Å². The molecule has 2 nitrogen and oxygen atoms in total. The van der Waals surface area contributed by atoms with Crippen molar-refractivity contribution < 1.29 is 4.74 Å². The maximum absolute atomic E-state index is 5.81. The predicted molar refractivity (Wildman–Crippen MR) is 64.4 cm³/mol. The third-order valence-electron chi connectivity index (χ3n) is 2.75. The van der Waals surface area contributed by atoms with Gasteiger partial charge in [0, 0.05) is 0 Å². The molecule has 0 saturated carbocycles. The highest BCUT2D eigenvalue weighted by Crippen LogP contribution is 2.29. The van der Waals surface area contributed by atoms with Crippen LogP contribution in [-0.4, -0.2) is 13.7 Å². The second-order valence-electron chi connectivity index (χ2n) is 3.97. The van der Waals surface area contributed by atoms with Crippen LogP contribution in [0.4, 0.5) is 0 Å². The van der Waals surface area contributed by atoms with E-state index in [1.54, 1.807) is 7.11 Å². The maximum atomic E-state index is 5.81. The van der Waals surface area contributed by atoms with Gasteiger partial charge in [-0.25, -0.2) is 0 Å². The molecular weight excluding hydrogens is 186 g/mol. The first-order valence-electron chi connectivity index (χ1n) is 5.57. The number of hydrogen-bond acceptors (Lipinski definition) is 2. The minimum absolute atomic E-state index is 0.421. The van der Waals surface area contributed by atoms with Crippen molar-refractivity contribution >= 4 is 0 Å². The number of benzene rings is 1. The Balaban J connectivity index is 3.02. The van der Waals surface area contributed by atoms with E-state index in [2.05, 4.69) is 26.0 Å². The Morgan fingerprint density at radius 1 is 1.40 bits per heavy atom. The van der Waals surface area contributed by atoms with Crippen molar-refractivity contribution in [1.29, 1.82) is 0 Å². The Kier molecular flexibility index (Phi) is 4.63. The van der Waals surface area contributed by atoms with Gasteiger partial charge in [-0.1, -0.05) is 31.0 Å². The molecule has 0 saturated heterocycles. The van der Waals surface area contributed by atoms with Crippen LogP contribution in [0.2, 0.25) is 0 Å². The number of methoxy groups -OCH3 is 1. The SMILES string of the molecule is CCCC(CN)c1cc(C)ccc1OC. The van der Waals surface area contributed by atoms with Gasteiger partial charge in [-0.15, -0.1) is 0 Å². The largest absolute Gasteiger partial charge is 0.496 e. The zero-order valence-electron chi connectivity index (χ0n) is 9.92. The Bertz CT molecular complexity index is 309. The van der Waals surface area contributed by atoms with Gasteiger partial charge in [-0.2, -0.15) is 0 Å². The lowest BCUT2D eigenvalue weighted by Crippen LogP contribution is -2.13. The summed E-state index contributed by atoms with van der Waals surface area (Å²) < 4.78 is 5.37. The fourth-order valence-corrected chi connectivity index (χ4v) is 1.92. The summed E-state index contributed by atoms with van der Waals surface area (Å²) in [6.45, 7) is 4.97. The molecule has 2 heteroatoms. The standard InChI is InChI=1S/C13H21NO/c1-4-5-11(9-14)12-8-10(2)6-7-13(12)15-3/h6-8,11H,4-5,9,14H2,1-3H3. The second kappa shape index (κ2) is 5.76. The van der Waals surface area contributed by atoms with Gasteiger partial charge in [0.25, 0.3) is 0 Å². The normalized spacial score (nSPS) is 12.5. The molecule has 0 amide bonds. The van der Waals surface area contributed by atoms with Gasteiger partial charge in [0.1, 0.15) is 5.75 Å². The van der Waals surface area contributed by atoms with Crippen LogP contribution in [0, 0.1) is 6.92 Å². The number of aryl methyl sites for hydroxylation is 1. The van der Waals surface area contributed by atoms with Gasteiger partial charge in [-0.05, 0) is 37.4 Å². The first kappa shape index (κ1) is 12.1. The van der Waals surface area contributed by atoms with Crippen LogP contribution in [0.3, 0.4) is 0 Å². The van der Waals surface area contributed by atoms with Gasteiger partial charge in [0.05, 0.1) is 7.11 Å².